The van der Waals surface area contributed by atoms with Crippen molar-refractivity contribution in [1.82, 2.24) is 4.90 Å². The number of piperidine rings is 1. The SMILES string of the molecule is CC(C)(C)OC(=O)N1CCC(O)(CC2=CC=NCC2)CC1. The third-order valence-corrected chi connectivity index (χ3v) is 3.88. The first-order valence-corrected chi connectivity index (χ1v) is 7.66. The minimum absolute atomic E-state index is 0.284. The Morgan fingerprint density at radius 2 is 2.10 bits per heavy atom. The Balaban J connectivity index is 1.85. The van der Waals surface area contributed by atoms with Crippen LogP contribution in [0.25, 0.3) is 0 Å². The van der Waals surface area contributed by atoms with Gasteiger partial charge in [0.2, 0.25) is 0 Å². The van der Waals surface area contributed by atoms with E-state index in [-0.39, 0.29) is 6.09 Å². The summed E-state index contributed by atoms with van der Waals surface area (Å²) in [5.74, 6) is 0. The van der Waals surface area contributed by atoms with Crippen LogP contribution < -0.4 is 0 Å². The summed E-state index contributed by atoms with van der Waals surface area (Å²) in [7, 11) is 0. The molecule has 0 bridgehead atoms. The van der Waals surface area contributed by atoms with Crippen LogP contribution in [0.3, 0.4) is 0 Å². The Bertz CT molecular complexity index is 441. The third kappa shape index (κ3) is 4.84. The van der Waals surface area contributed by atoms with Gasteiger partial charge >= 0.3 is 6.09 Å². The second-order valence-electron chi connectivity index (χ2n) is 7.00. The number of aliphatic hydroxyl groups is 1. The fourth-order valence-corrected chi connectivity index (χ4v) is 2.70. The molecule has 118 valence electrons. The molecule has 2 aliphatic rings. The molecular formula is C16H26N2O3. The van der Waals surface area contributed by atoms with Crippen molar-refractivity contribution >= 4 is 12.3 Å². The van der Waals surface area contributed by atoms with Crippen LogP contribution in [0.1, 0.15) is 46.5 Å². The number of likely N-dealkylation sites (tertiary alicyclic amines) is 1. The smallest absolute Gasteiger partial charge is 0.410 e. The van der Waals surface area contributed by atoms with Crippen molar-refractivity contribution in [2.24, 2.45) is 4.99 Å². The lowest BCUT2D eigenvalue weighted by Gasteiger charge is -2.39. The van der Waals surface area contributed by atoms with E-state index in [1.807, 2.05) is 33.1 Å². The molecule has 0 saturated carbocycles. The largest absolute Gasteiger partial charge is 0.444 e. The van der Waals surface area contributed by atoms with Crippen molar-refractivity contribution in [2.45, 2.75) is 57.7 Å². The number of nitrogens with zero attached hydrogens (tertiary/aromatic N) is 2. The van der Waals surface area contributed by atoms with Gasteiger partial charge in [-0.25, -0.2) is 4.79 Å². The second kappa shape index (κ2) is 6.18. The summed E-state index contributed by atoms with van der Waals surface area (Å²) >= 11 is 0. The van der Waals surface area contributed by atoms with Crippen LogP contribution in [0.5, 0.6) is 0 Å². The number of rotatable bonds is 2. The fraction of sp³-hybridized carbons (Fsp3) is 0.750. The molecule has 0 aromatic carbocycles. The molecule has 21 heavy (non-hydrogen) atoms. The third-order valence-electron chi connectivity index (χ3n) is 3.88. The minimum Gasteiger partial charge on any atom is -0.444 e. The van der Waals surface area contributed by atoms with Gasteiger partial charge < -0.3 is 14.7 Å². The predicted octanol–water partition coefficient (Wildman–Crippen LogP) is 2.54. The van der Waals surface area contributed by atoms with Gasteiger partial charge in [0.05, 0.1) is 5.60 Å². The molecule has 0 aromatic heterocycles. The van der Waals surface area contributed by atoms with E-state index in [4.69, 9.17) is 4.74 Å². The molecular weight excluding hydrogens is 268 g/mol. The highest BCUT2D eigenvalue weighted by atomic mass is 16.6. The molecule has 0 unspecified atom stereocenters. The van der Waals surface area contributed by atoms with E-state index in [1.54, 1.807) is 4.90 Å². The quantitative estimate of drug-likeness (QED) is 0.851. The summed E-state index contributed by atoms with van der Waals surface area (Å²) in [6.45, 7) is 7.50. The van der Waals surface area contributed by atoms with E-state index in [0.717, 1.165) is 13.0 Å². The fourth-order valence-electron chi connectivity index (χ4n) is 2.70. The number of hydrogen-bond acceptors (Lipinski definition) is 4. The van der Waals surface area contributed by atoms with Gasteiger partial charge in [-0.3, -0.25) is 4.99 Å². The molecule has 2 rings (SSSR count). The molecule has 5 heteroatoms. The molecule has 0 radical (unpaired) electrons. The zero-order valence-corrected chi connectivity index (χ0v) is 13.3. The maximum absolute atomic E-state index is 12.0. The zero-order valence-electron chi connectivity index (χ0n) is 13.3. The van der Waals surface area contributed by atoms with Crippen LogP contribution in [-0.2, 0) is 4.74 Å². The molecule has 1 amide bonds. The number of carbonyl (C=O) groups excluding carboxylic acids is 1. The van der Waals surface area contributed by atoms with Gasteiger partial charge in [0, 0.05) is 25.8 Å². The Kier molecular flexibility index (Phi) is 4.71. The van der Waals surface area contributed by atoms with Crippen molar-refractivity contribution in [3.05, 3.63) is 11.6 Å². The number of aliphatic imine (C=N–C) groups is 1. The molecule has 1 saturated heterocycles. The van der Waals surface area contributed by atoms with Gasteiger partial charge in [-0.1, -0.05) is 5.57 Å². The predicted molar refractivity (Wildman–Crippen MR) is 82.7 cm³/mol. The average molecular weight is 294 g/mol. The van der Waals surface area contributed by atoms with Crippen molar-refractivity contribution in [3.63, 3.8) is 0 Å². The van der Waals surface area contributed by atoms with Gasteiger partial charge in [0.15, 0.2) is 0 Å². The summed E-state index contributed by atoms with van der Waals surface area (Å²) in [5.41, 5.74) is 0.0743. The first-order valence-electron chi connectivity index (χ1n) is 7.66. The van der Waals surface area contributed by atoms with Crippen molar-refractivity contribution < 1.29 is 14.6 Å². The molecule has 0 spiro atoms. The number of allylic oxidation sites excluding steroid dienone is 1. The summed E-state index contributed by atoms with van der Waals surface area (Å²) < 4.78 is 5.37. The van der Waals surface area contributed by atoms with Crippen LogP contribution in [0.15, 0.2) is 16.6 Å². The monoisotopic (exact) mass is 294 g/mol. The maximum Gasteiger partial charge on any atom is 0.410 e. The molecule has 1 fully saturated rings. The van der Waals surface area contributed by atoms with E-state index in [1.165, 1.54) is 5.57 Å². The Labute approximate surface area is 126 Å². The number of dihydropyridines is 1. The standard InChI is InChI=1S/C16H26N2O3/c1-15(2,3)21-14(19)18-10-6-16(20,7-11-18)12-13-4-8-17-9-5-13/h4,8,20H,5-7,9-12H2,1-3H3. The van der Waals surface area contributed by atoms with E-state index < -0.39 is 11.2 Å². The van der Waals surface area contributed by atoms with Crippen LogP contribution in [0, 0.1) is 0 Å². The first-order chi connectivity index (χ1) is 9.77. The lowest BCUT2D eigenvalue weighted by Crippen LogP contribution is -2.48. The Morgan fingerprint density at radius 1 is 1.43 bits per heavy atom. The highest BCUT2D eigenvalue weighted by Gasteiger charge is 2.35. The van der Waals surface area contributed by atoms with Crippen LogP contribution in [-0.4, -0.2) is 53.2 Å². The molecule has 2 heterocycles. The van der Waals surface area contributed by atoms with Gasteiger partial charge in [-0.05, 0) is 52.5 Å². The highest BCUT2D eigenvalue weighted by Crippen LogP contribution is 2.31. The molecule has 1 N–H and O–H groups in total. The Morgan fingerprint density at radius 3 is 2.62 bits per heavy atom. The van der Waals surface area contributed by atoms with E-state index in [9.17, 15) is 9.90 Å². The van der Waals surface area contributed by atoms with Crippen LogP contribution >= 0.6 is 0 Å². The number of hydrogen-bond donors (Lipinski definition) is 1. The maximum atomic E-state index is 12.0. The summed E-state index contributed by atoms with van der Waals surface area (Å²) in [5, 5.41) is 10.7. The van der Waals surface area contributed by atoms with Gasteiger partial charge in [0.25, 0.3) is 0 Å². The molecule has 2 aliphatic heterocycles. The second-order valence-corrected chi connectivity index (χ2v) is 7.00. The average Bonchev–Trinajstić information content (AvgIpc) is 2.38. The molecule has 0 aromatic rings. The minimum atomic E-state index is -0.699. The summed E-state index contributed by atoms with van der Waals surface area (Å²) in [4.78, 5) is 17.9. The van der Waals surface area contributed by atoms with Crippen molar-refractivity contribution in [3.8, 4) is 0 Å². The van der Waals surface area contributed by atoms with Crippen LogP contribution in [0.2, 0.25) is 0 Å². The van der Waals surface area contributed by atoms with Crippen LogP contribution in [0.4, 0.5) is 4.79 Å². The Hall–Kier alpha value is -1.36. The number of ether oxygens (including phenoxy) is 1. The molecule has 0 atom stereocenters. The van der Waals surface area contributed by atoms with E-state index >= 15 is 0 Å². The van der Waals surface area contributed by atoms with E-state index in [2.05, 4.69) is 4.99 Å². The number of carbonyl (C=O) groups is 1. The normalized spacial score (nSPS) is 21.9. The molecule has 0 aliphatic carbocycles. The number of amides is 1. The van der Waals surface area contributed by atoms with E-state index in [0.29, 0.717) is 32.4 Å². The lowest BCUT2D eigenvalue weighted by atomic mass is 9.84. The van der Waals surface area contributed by atoms with Gasteiger partial charge in [-0.2, -0.15) is 0 Å². The zero-order chi connectivity index (χ0) is 15.5. The van der Waals surface area contributed by atoms with Crippen molar-refractivity contribution in [2.75, 3.05) is 19.6 Å². The van der Waals surface area contributed by atoms with Crippen molar-refractivity contribution in [1.29, 1.82) is 0 Å². The van der Waals surface area contributed by atoms with Gasteiger partial charge in [0.1, 0.15) is 5.60 Å². The topological polar surface area (TPSA) is 62.1 Å². The highest BCUT2D eigenvalue weighted by molar-refractivity contribution is 5.73. The molecule has 5 nitrogen and oxygen atoms in total. The summed E-state index contributed by atoms with van der Waals surface area (Å²) in [6, 6.07) is 0. The van der Waals surface area contributed by atoms with Gasteiger partial charge in [-0.15, -0.1) is 0 Å². The first kappa shape index (κ1) is 16.0. The lowest BCUT2D eigenvalue weighted by molar-refractivity contribution is -0.0317. The summed E-state index contributed by atoms with van der Waals surface area (Å²) in [6.07, 6.45) is 6.34.